The Labute approximate surface area is 137 Å². The molecule has 1 aromatic rings. The van der Waals surface area contributed by atoms with Gasteiger partial charge in [0.2, 0.25) is 0 Å². The third-order valence-corrected chi connectivity index (χ3v) is 4.78. The first-order valence-corrected chi connectivity index (χ1v) is 8.20. The second-order valence-electron chi connectivity index (χ2n) is 6.33. The maximum absolute atomic E-state index is 10.1. The van der Waals surface area contributed by atoms with Gasteiger partial charge in [0.25, 0.3) is 0 Å². The Morgan fingerprint density at radius 1 is 1.17 bits per heavy atom. The largest absolute Gasteiger partial charge is 0.497 e. The van der Waals surface area contributed by atoms with Crippen molar-refractivity contribution in [3.8, 4) is 5.75 Å². The van der Waals surface area contributed by atoms with Gasteiger partial charge in [0.1, 0.15) is 11.9 Å². The average Bonchev–Trinajstić information content (AvgIpc) is 2.58. The molecule has 2 aliphatic heterocycles. The molecule has 0 amide bonds. The highest BCUT2D eigenvalue weighted by Crippen LogP contribution is 2.19. The molecule has 23 heavy (non-hydrogen) atoms. The van der Waals surface area contributed by atoms with E-state index in [4.69, 9.17) is 9.47 Å². The Morgan fingerprint density at radius 3 is 2.70 bits per heavy atom. The van der Waals surface area contributed by atoms with Gasteiger partial charge in [-0.3, -0.25) is 9.80 Å². The number of ether oxygens (including phenoxy) is 2. The van der Waals surface area contributed by atoms with Crippen molar-refractivity contribution in [2.45, 2.75) is 24.8 Å². The van der Waals surface area contributed by atoms with Crippen molar-refractivity contribution < 1.29 is 19.7 Å². The zero-order valence-corrected chi connectivity index (χ0v) is 13.6. The van der Waals surface area contributed by atoms with Gasteiger partial charge < -0.3 is 19.7 Å². The van der Waals surface area contributed by atoms with Crippen LogP contribution in [0.3, 0.4) is 0 Å². The number of hydrogen-bond donors (Lipinski definition) is 2. The van der Waals surface area contributed by atoms with E-state index in [2.05, 4.69) is 21.9 Å². The van der Waals surface area contributed by atoms with E-state index in [1.807, 2.05) is 12.1 Å². The quantitative estimate of drug-likeness (QED) is 0.809. The van der Waals surface area contributed by atoms with E-state index in [-0.39, 0.29) is 12.6 Å². The summed E-state index contributed by atoms with van der Waals surface area (Å²) in [5.41, 5.74) is 1.24. The van der Waals surface area contributed by atoms with E-state index < -0.39 is 12.2 Å². The molecule has 0 unspecified atom stereocenters. The molecule has 2 heterocycles. The number of aliphatic hydroxyl groups excluding tert-OH is 2. The maximum atomic E-state index is 10.1. The van der Waals surface area contributed by atoms with Gasteiger partial charge in [-0.15, -0.1) is 0 Å². The summed E-state index contributed by atoms with van der Waals surface area (Å²) in [6, 6.07) is 8.06. The van der Waals surface area contributed by atoms with Crippen LogP contribution >= 0.6 is 0 Å². The molecule has 0 saturated carbocycles. The second kappa shape index (κ2) is 7.59. The van der Waals surface area contributed by atoms with Gasteiger partial charge in [-0.1, -0.05) is 12.1 Å². The Morgan fingerprint density at radius 2 is 1.96 bits per heavy atom. The molecule has 0 spiro atoms. The number of piperazine rings is 1. The fourth-order valence-corrected chi connectivity index (χ4v) is 3.37. The fraction of sp³-hybridized carbons (Fsp3) is 0.647. The number of methoxy groups -OCH3 is 1. The molecule has 0 bridgehead atoms. The zero-order valence-electron chi connectivity index (χ0n) is 13.6. The van der Waals surface area contributed by atoms with Crippen LogP contribution in [0, 0.1) is 0 Å². The van der Waals surface area contributed by atoms with Crippen molar-refractivity contribution in [3.05, 3.63) is 29.8 Å². The minimum atomic E-state index is -0.774. The van der Waals surface area contributed by atoms with Crippen molar-refractivity contribution in [2.24, 2.45) is 0 Å². The summed E-state index contributed by atoms with van der Waals surface area (Å²) in [7, 11) is 1.68. The van der Waals surface area contributed by atoms with Gasteiger partial charge in [-0.05, 0) is 17.7 Å². The number of rotatable bonds is 4. The monoisotopic (exact) mass is 322 g/mol. The predicted octanol–water partition coefficient (Wildman–Crippen LogP) is -0.0666. The van der Waals surface area contributed by atoms with Crippen LogP contribution in [-0.2, 0) is 11.3 Å². The van der Waals surface area contributed by atoms with Crippen molar-refractivity contribution in [1.29, 1.82) is 0 Å². The van der Waals surface area contributed by atoms with Crippen molar-refractivity contribution in [1.82, 2.24) is 9.80 Å². The van der Waals surface area contributed by atoms with Crippen LogP contribution in [0.5, 0.6) is 5.75 Å². The maximum Gasteiger partial charge on any atom is 0.119 e. The highest BCUT2D eigenvalue weighted by molar-refractivity contribution is 5.28. The highest BCUT2D eigenvalue weighted by Gasteiger charge is 2.36. The summed E-state index contributed by atoms with van der Waals surface area (Å²) in [6.45, 7) is 5.26. The molecule has 2 aliphatic rings. The topological polar surface area (TPSA) is 65.4 Å². The Kier molecular flexibility index (Phi) is 5.50. The van der Waals surface area contributed by atoms with E-state index in [1.54, 1.807) is 7.11 Å². The van der Waals surface area contributed by atoms with Crippen molar-refractivity contribution in [2.75, 3.05) is 46.5 Å². The molecule has 2 fully saturated rings. The summed E-state index contributed by atoms with van der Waals surface area (Å²) >= 11 is 0. The average molecular weight is 322 g/mol. The second-order valence-corrected chi connectivity index (χ2v) is 6.33. The summed E-state index contributed by atoms with van der Waals surface area (Å²) in [5.74, 6) is 0.887. The van der Waals surface area contributed by atoms with Crippen LogP contribution in [0.4, 0.5) is 0 Å². The lowest BCUT2D eigenvalue weighted by atomic mass is 10.0. The summed E-state index contributed by atoms with van der Waals surface area (Å²) in [5, 5.41) is 19.9. The third-order valence-electron chi connectivity index (χ3n) is 4.78. The Bertz CT molecular complexity index is 505. The van der Waals surface area contributed by atoms with E-state index in [0.717, 1.165) is 38.5 Å². The molecule has 0 aliphatic carbocycles. The van der Waals surface area contributed by atoms with Crippen LogP contribution in [-0.4, -0.2) is 84.8 Å². The molecule has 1 aromatic carbocycles. The van der Waals surface area contributed by atoms with Crippen LogP contribution in [0.25, 0.3) is 0 Å². The summed E-state index contributed by atoms with van der Waals surface area (Å²) in [6.07, 6.45) is -1.49. The zero-order chi connectivity index (χ0) is 16.2. The first kappa shape index (κ1) is 16.7. The highest BCUT2D eigenvalue weighted by atomic mass is 16.5. The van der Waals surface area contributed by atoms with Gasteiger partial charge in [-0.2, -0.15) is 0 Å². The minimum absolute atomic E-state index is 0.0993. The van der Waals surface area contributed by atoms with Crippen LogP contribution in [0.2, 0.25) is 0 Å². The molecule has 2 N–H and O–H groups in total. The number of nitrogens with zero attached hydrogens (tertiary/aromatic N) is 2. The van der Waals surface area contributed by atoms with Gasteiger partial charge in [0.15, 0.2) is 0 Å². The molecule has 3 atom stereocenters. The van der Waals surface area contributed by atoms with E-state index >= 15 is 0 Å². The molecule has 0 aromatic heterocycles. The molecule has 6 nitrogen and oxygen atoms in total. The number of hydrogen-bond acceptors (Lipinski definition) is 6. The van der Waals surface area contributed by atoms with Crippen LogP contribution < -0.4 is 4.74 Å². The summed E-state index contributed by atoms with van der Waals surface area (Å²) < 4.78 is 10.7. The number of benzene rings is 1. The molecule has 0 radical (unpaired) electrons. The van der Waals surface area contributed by atoms with E-state index in [0.29, 0.717) is 6.61 Å². The lowest BCUT2D eigenvalue weighted by Crippen LogP contribution is -2.60. The predicted molar refractivity (Wildman–Crippen MR) is 86.5 cm³/mol. The molecule has 2 saturated heterocycles. The molecular formula is C17H26N2O4. The standard InChI is InChI=1S/C17H26N2O4/c1-22-14-4-2-3-13(9-14)10-18-5-7-19(8-6-18)15-11-23-12-16(20)17(15)21/h2-4,9,15-17,20-21H,5-8,10-12H2,1H3/t15-,16-,17+/m1/s1. The van der Waals surface area contributed by atoms with Crippen molar-refractivity contribution >= 4 is 0 Å². The molecule has 128 valence electrons. The van der Waals surface area contributed by atoms with Crippen LogP contribution in [0.1, 0.15) is 5.56 Å². The van der Waals surface area contributed by atoms with E-state index in [1.165, 1.54) is 5.56 Å². The summed E-state index contributed by atoms with van der Waals surface area (Å²) in [4.78, 5) is 4.63. The third kappa shape index (κ3) is 4.02. The van der Waals surface area contributed by atoms with Crippen molar-refractivity contribution in [3.63, 3.8) is 0 Å². The molecule has 3 rings (SSSR count). The van der Waals surface area contributed by atoms with Crippen LogP contribution in [0.15, 0.2) is 24.3 Å². The Hall–Kier alpha value is -1.18. The van der Waals surface area contributed by atoms with Gasteiger partial charge in [0.05, 0.1) is 32.5 Å². The van der Waals surface area contributed by atoms with Gasteiger partial charge in [-0.25, -0.2) is 0 Å². The first-order valence-electron chi connectivity index (χ1n) is 8.20. The lowest BCUT2D eigenvalue weighted by molar-refractivity contribution is -0.137. The SMILES string of the molecule is COc1cccc(CN2CCN([C@@H]3COC[C@@H](O)[C@H]3O)CC2)c1. The molecule has 6 heteroatoms. The first-order chi connectivity index (χ1) is 11.2. The lowest BCUT2D eigenvalue weighted by Gasteiger charge is -2.43. The van der Waals surface area contributed by atoms with Gasteiger partial charge >= 0.3 is 0 Å². The van der Waals surface area contributed by atoms with Gasteiger partial charge in [0, 0.05) is 32.7 Å². The fourth-order valence-electron chi connectivity index (χ4n) is 3.37. The smallest absolute Gasteiger partial charge is 0.119 e. The Balaban J connectivity index is 1.52. The number of aliphatic hydroxyl groups is 2. The van der Waals surface area contributed by atoms with E-state index in [9.17, 15) is 10.2 Å². The minimum Gasteiger partial charge on any atom is -0.497 e. The normalized spacial score (nSPS) is 30.3. The molecular weight excluding hydrogens is 296 g/mol.